The molecular formula is C14H23NOS. The first-order chi connectivity index (χ1) is 7.91. The van der Waals surface area contributed by atoms with Gasteiger partial charge in [0.25, 0.3) is 0 Å². The summed E-state index contributed by atoms with van der Waals surface area (Å²) in [5, 5.41) is 9.65. The highest BCUT2D eigenvalue weighted by atomic mass is 32.2. The number of aliphatic hydroxyl groups excluding tert-OH is 1. The van der Waals surface area contributed by atoms with Crippen molar-refractivity contribution in [2.75, 3.05) is 5.75 Å². The van der Waals surface area contributed by atoms with Crippen LogP contribution in [0, 0.1) is 13.8 Å². The van der Waals surface area contributed by atoms with Crippen LogP contribution in [0.5, 0.6) is 0 Å². The molecule has 0 aliphatic heterocycles. The van der Waals surface area contributed by atoms with E-state index in [1.165, 1.54) is 16.7 Å². The van der Waals surface area contributed by atoms with Crippen LogP contribution in [0.1, 0.15) is 36.6 Å². The summed E-state index contributed by atoms with van der Waals surface area (Å²) in [6.45, 7) is 8.06. The molecule has 0 amide bonds. The van der Waals surface area contributed by atoms with Crippen LogP contribution in [-0.4, -0.2) is 22.2 Å². The number of aliphatic hydroxyl groups is 1. The fraction of sp³-hybridized carbons (Fsp3) is 0.571. The monoisotopic (exact) mass is 253 g/mol. The lowest BCUT2D eigenvalue weighted by Crippen LogP contribution is -2.20. The van der Waals surface area contributed by atoms with Gasteiger partial charge in [-0.15, -0.1) is 0 Å². The molecule has 0 spiro atoms. The van der Waals surface area contributed by atoms with Gasteiger partial charge in [-0.25, -0.2) is 0 Å². The van der Waals surface area contributed by atoms with Gasteiger partial charge in [0.05, 0.1) is 6.10 Å². The van der Waals surface area contributed by atoms with Gasteiger partial charge < -0.3 is 10.8 Å². The van der Waals surface area contributed by atoms with E-state index in [9.17, 15) is 5.11 Å². The normalized spacial score (nSPS) is 16.6. The Balaban J connectivity index is 2.58. The molecule has 0 fully saturated rings. The van der Waals surface area contributed by atoms with Crippen molar-refractivity contribution in [1.82, 2.24) is 0 Å². The van der Waals surface area contributed by atoms with Gasteiger partial charge in [-0.1, -0.05) is 25.1 Å². The van der Waals surface area contributed by atoms with Crippen molar-refractivity contribution in [2.45, 2.75) is 45.1 Å². The summed E-state index contributed by atoms with van der Waals surface area (Å²) < 4.78 is 0. The molecular weight excluding hydrogens is 230 g/mol. The average Bonchev–Trinajstić information content (AvgIpc) is 2.28. The Morgan fingerprint density at radius 2 is 1.88 bits per heavy atom. The zero-order valence-corrected chi connectivity index (χ0v) is 11.9. The summed E-state index contributed by atoms with van der Waals surface area (Å²) in [7, 11) is 0. The molecule has 3 atom stereocenters. The molecule has 3 unspecified atom stereocenters. The standard InChI is InChI=1S/C14H23NOS/c1-9-5-6-13(7-10(9)2)14(15)8-17-12(4)11(3)16/h5-7,11-12,14,16H,8,15H2,1-4H3. The van der Waals surface area contributed by atoms with Crippen molar-refractivity contribution in [3.05, 3.63) is 34.9 Å². The zero-order chi connectivity index (χ0) is 13.0. The SMILES string of the molecule is Cc1ccc(C(N)CSC(C)C(C)O)cc1C. The molecule has 0 saturated carbocycles. The molecule has 2 nitrogen and oxygen atoms in total. The minimum atomic E-state index is -0.285. The topological polar surface area (TPSA) is 46.2 Å². The summed E-state index contributed by atoms with van der Waals surface area (Å²) in [6.07, 6.45) is -0.285. The predicted molar refractivity (Wildman–Crippen MR) is 76.4 cm³/mol. The van der Waals surface area contributed by atoms with Crippen LogP contribution in [-0.2, 0) is 0 Å². The molecule has 17 heavy (non-hydrogen) atoms. The first-order valence-electron chi connectivity index (χ1n) is 6.04. The van der Waals surface area contributed by atoms with Crippen molar-refractivity contribution in [3.63, 3.8) is 0 Å². The highest BCUT2D eigenvalue weighted by molar-refractivity contribution is 7.99. The van der Waals surface area contributed by atoms with Gasteiger partial charge in [-0.3, -0.25) is 0 Å². The van der Waals surface area contributed by atoms with Gasteiger partial charge >= 0.3 is 0 Å². The number of benzene rings is 1. The number of rotatable bonds is 5. The summed E-state index contributed by atoms with van der Waals surface area (Å²) in [6, 6.07) is 6.42. The van der Waals surface area contributed by atoms with Gasteiger partial charge in [0.15, 0.2) is 0 Å². The second-order valence-corrected chi connectivity index (χ2v) is 6.14. The third-order valence-corrected chi connectivity index (χ3v) is 4.65. The fourth-order valence-electron chi connectivity index (χ4n) is 1.49. The number of hydrogen-bond donors (Lipinski definition) is 2. The maximum absolute atomic E-state index is 9.42. The molecule has 0 radical (unpaired) electrons. The number of nitrogens with two attached hydrogens (primary N) is 1. The molecule has 0 aliphatic rings. The zero-order valence-electron chi connectivity index (χ0n) is 11.1. The summed E-state index contributed by atoms with van der Waals surface area (Å²) in [5.41, 5.74) is 9.92. The van der Waals surface area contributed by atoms with Gasteiger partial charge in [-0.05, 0) is 37.5 Å². The molecule has 3 N–H and O–H groups in total. The van der Waals surface area contributed by atoms with Crippen molar-refractivity contribution in [1.29, 1.82) is 0 Å². The maximum Gasteiger partial charge on any atom is 0.0628 e. The first-order valence-corrected chi connectivity index (χ1v) is 7.09. The Labute approximate surface area is 109 Å². The van der Waals surface area contributed by atoms with E-state index < -0.39 is 0 Å². The minimum absolute atomic E-state index is 0.0421. The van der Waals surface area contributed by atoms with Crippen LogP contribution >= 0.6 is 11.8 Å². The quantitative estimate of drug-likeness (QED) is 0.848. The van der Waals surface area contributed by atoms with Gasteiger partial charge in [0.2, 0.25) is 0 Å². The molecule has 0 bridgehead atoms. The van der Waals surface area contributed by atoms with Gasteiger partial charge in [0, 0.05) is 17.0 Å². The van der Waals surface area contributed by atoms with E-state index in [-0.39, 0.29) is 17.4 Å². The number of aryl methyl sites for hydroxylation is 2. The molecule has 96 valence electrons. The Hall–Kier alpha value is -0.510. The highest BCUT2D eigenvalue weighted by Crippen LogP contribution is 2.22. The van der Waals surface area contributed by atoms with Gasteiger partial charge in [0.1, 0.15) is 0 Å². The molecule has 0 heterocycles. The second-order valence-electron chi connectivity index (χ2n) is 4.73. The number of thioether (sulfide) groups is 1. The minimum Gasteiger partial charge on any atom is -0.392 e. The van der Waals surface area contributed by atoms with Gasteiger partial charge in [-0.2, -0.15) is 11.8 Å². The Kier molecular flexibility index (Phi) is 5.50. The first kappa shape index (κ1) is 14.6. The fourth-order valence-corrected chi connectivity index (χ4v) is 2.47. The van der Waals surface area contributed by atoms with E-state index in [0.717, 1.165) is 5.75 Å². The molecule has 3 heteroatoms. The third kappa shape index (κ3) is 4.34. The van der Waals surface area contributed by atoms with Crippen molar-refractivity contribution in [3.8, 4) is 0 Å². The Bertz CT molecular complexity index is 365. The molecule has 1 aromatic carbocycles. The van der Waals surface area contributed by atoms with E-state index in [1.54, 1.807) is 11.8 Å². The lowest BCUT2D eigenvalue weighted by Gasteiger charge is -2.18. The summed E-state index contributed by atoms with van der Waals surface area (Å²) >= 11 is 1.72. The Morgan fingerprint density at radius 3 is 2.41 bits per heavy atom. The number of hydrogen-bond acceptors (Lipinski definition) is 3. The van der Waals surface area contributed by atoms with E-state index in [0.29, 0.717) is 0 Å². The average molecular weight is 253 g/mol. The maximum atomic E-state index is 9.42. The van der Waals surface area contributed by atoms with Crippen LogP contribution in [0.2, 0.25) is 0 Å². The highest BCUT2D eigenvalue weighted by Gasteiger charge is 2.13. The van der Waals surface area contributed by atoms with E-state index >= 15 is 0 Å². The molecule has 1 rings (SSSR count). The van der Waals surface area contributed by atoms with Crippen LogP contribution in [0.15, 0.2) is 18.2 Å². The van der Waals surface area contributed by atoms with E-state index in [1.807, 2.05) is 13.8 Å². The van der Waals surface area contributed by atoms with Crippen molar-refractivity contribution >= 4 is 11.8 Å². The smallest absolute Gasteiger partial charge is 0.0628 e. The molecule has 0 aliphatic carbocycles. The molecule has 0 aromatic heterocycles. The van der Waals surface area contributed by atoms with E-state index in [2.05, 4.69) is 32.0 Å². The summed E-state index contributed by atoms with van der Waals surface area (Å²) in [4.78, 5) is 0. The van der Waals surface area contributed by atoms with Crippen LogP contribution in [0.4, 0.5) is 0 Å². The predicted octanol–water partition coefficient (Wildman–Crippen LogP) is 2.81. The third-order valence-electron chi connectivity index (χ3n) is 3.18. The van der Waals surface area contributed by atoms with Crippen LogP contribution in [0.3, 0.4) is 0 Å². The lowest BCUT2D eigenvalue weighted by atomic mass is 10.0. The summed E-state index contributed by atoms with van der Waals surface area (Å²) in [5.74, 6) is 0.842. The molecule has 1 aromatic rings. The van der Waals surface area contributed by atoms with Crippen LogP contribution < -0.4 is 5.73 Å². The van der Waals surface area contributed by atoms with E-state index in [4.69, 9.17) is 5.73 Å². The second kappa shape index (κ2) is 6.43. The van der Waals surface area contributed by atoms with Crippen molar-refractivity contribution in [2.24, 2.45) is 5.73 Å². The molecule has 0 saturated heterocycles. The largest absolute Gasteiger partial charge is 0.392 e. The van der Waals surface area contributed by atoms with Crippen molar-refractivity contribution < 1.29 is 5.11 Å². The van der Waals surface area contributed by atoms with Crippen LogP contribution in [0.25, 0.3) is 0 Å². The Morgan fingerprint density at radius 1 is 1.24 bits per heavy atom. The lowest BCUT2D eigenvalue weighted by molar-refractivity contribution is 0.196.